The van der Waals surface area contributed by atoms with E-state index in [-0.39, 0.29) is 0 Å². The second kappa shape index (κ2) is 7.91. The fourth-order valence-corrected chi connectivity index (χ4v) is 3.19. The van der Waals surface area contributed by atoms with Crippen molar-refractivity contribution >= 4 is 44.4 Å². The SMILES string of the molecule is NS(=O)c1ccc2cc1OCCCCCNc1nc(ncc1Br)N2. The third-order valence-electron chi connectivity index (χ3n) is 3.53. The summed E-state index contributed by atoms with van der Waals surface area (Å²) in [5, 5.41) is 12.0. The summed E-state index contributed by atoms with van der Waals surface area (Å²) in [4.78, 5) is 9.20. The van der Waals surface area contributed by atoms with Crippen LogP contribution in [0.15, 0.2) is 33.8 Å². The molecule has 2 aromatic rings. The van der Waals surface area contributed by atoms with Gasteiger partial charge in [0.05, 0.1) is 16.0 Å². The Morgan fingerprint density at radius 3 is 3.00 bits per heavy atom. The van der Waals surface area contributed by atoms with Crippen LogP contribution in [-0.4, -0.2) is 27.3 Å². The van der Waals surface area contributed by atoms with Gasteiger partial charge in [-0.3, -0.25) is 0 Å². The van der Waals surface area contributed by atoms with Crippen LogP contribution in [0.4, 0.5) is 17.5 Å². The Balaban J connectivity index is 1.95. The number of benzene rings is 1. The number of nitrogens with zero attached hydrogens (tertiary/aromatic N) is 2. The number of nitrogens with two attached hydrogens (primary N) is 1. The quantitative estimate of drug-likeness (QED) is 0.666. The van der Waals surface area contributed by atoms with Crippen LogP contribution in [0.3, 0.4) is 0 Å². The van der Waals surface area contributed by atoms with Crippen LogP contribution in [0.25, 0.3) is 0 Å². The van der Waals surface area contributed by atoms with Gasteiger partial charge in [-0.05, 0) is 47.3 Å². The van der Waals surface area contributed by atoms with E-state index in [2.05, 4.69) is 36.5 Å². The Morgan fingerprint density at radius 1 is 1.29 bits per heavy atom. The lowest BCUT2D eigenvalue weighted by Gasteiger charge is -2.14. The van der Waals surface area contributed by atoms with E-state index in [1.54, 1.807) is 24.4 Å². The maximum absolute atomic E-state index is 11.7. The molecule has 1 unspecified atom stereocenters. The first-order valence-corrected chi connectivity index (χ1v) is 9.60. The Morgan fingerprint density at radius 2 is 2.17 bits per heavy atom. The highest BCUT2D eigenvalue weighted by Crippen LogP contribution is 2.28. The van der Waals surface area contributed by atoms with Gasteiger partial charge in [-0.2, -0.15) is 4.98 Å². The second-order valence-electron chi connectivity index (χ2n) is 5.31. The molecule has 0 amide bonds. The molecule has 0 spiro atoms. The van der Waals surface area contributed by atoms with Gasteiger partial charge < -0.3 is 15.4 Å². The lowest BCUT2D eigenvalue weighted by atomic mass is 10.2. The predicted octanol–water partition coefficient (Wildman–Crippen LogP) is 2.94. The Kier molecular flexibility index (Phi) is 5.64. The van der Waals surface area contributed by atoms with Crippen LogP contribution < -0.4 is 20.5 Å². The molecule has 2 heterocycles. The van der Waals surface area contributed by atoms with Crippen molar-refractivity contribution in [3.63, 3.8) is 0 Å². The summed E-state index contributed by atoms with van der Waals surface area (Å²) >= 11 is 3.45. The topological polar surface area (TPSA) is 102 Å². The van der Waals surface area contributed by atoms with Crippen LogP contribution in [0.2, 0.25) is 0 Å². The minimum Gasteiger partial charge on any atom is -0.492 e. The van der Waals surface area contributed by atoms with Crippen molar-refractivity contribution < 1.29 is 8.95 Å². The molecule has 9 heteroatoms. The van der Waals surface area contributed by atoms with Gasteiger partial charge in [-0.25, -0.2) is 14.3 Å². The van der Waals surface area contributed by atoms with Crippen LogP contribution >= 0.6 is 15.9 Å². The lowest BCUT2D eigenvalue weighted by Crippen LogP contribution is -2.10. The fourth-order valence-electron chi connectivity index (χ4n) is 2.34. The first kappa shape index (κ1) is 17.1. The van der Waals surface area contributed by atoms with E-state index in [9.17, 15) is 4.21 Å². The van der Waals surface area contributed by atoms with Crippen LogP contribution in [0.5, 0.6) is 5.75 Å². The second-order valence-corrected chi connectivity index (χ2v) is 7.20. The molecule has 0 aliphatic carbocycles. The zero-order valence-electron chi connectivity index (χ0n) is 12.9. The molecule has 4 N–H and O–H groups in total. The first-order valence-electron chi connectivity index (χ1n) is 7.60. The van der Waals surface area contributed by atoms with Crippen LogP contribution in [0.1, 0.15) is 19.3 Å². The van der Waals surface area contributed by atoms with Crippen molar-refractivity contribution in [2.75, 3.05) is 23.8 Å². The summed E-state index contributed by atoms with van der Waals surface area (Å²) in [6, 6.07) is 5.24. The molecule has 3 rings (SSSR count). The molecule has 1 aliphatic rings. The van der Waals surface area contributed by atoms with Crippen molar-refractivity contribution in [3.05, 3.63) is 28.9 Å². The Labute approximate surface area is 151 Å². The molecule has 24 heavy (non-hydrogen) atoms. The first-order chi connectivity index (χ1) is 11.6. The normalized spacial score (nSPS) is 16.1. The van der Waals surface area contributed by atoms with Gasteiger partial charge in [0.25, 0.3) is 0 Å². The van der Waals surface area contributed by atoms with Crippen LogP contribution in [-0.2, 0) is 11.0 Å². The van der Waals surface area contributed by atoms with E-state index in [4.69, 9.17) is 9.88 Å². The largest absolute Gasteiger partial charge is 0.492 e. The van der Waals surface area contributed by atoms with Gasteiger partial charge in [-0.1, -0.05) is 0 Å². The standard InChI is InChI=1S/C15H18BrN5O2S/c16-11-9-19-15-20-10-4-5-13(24(17)22)12(8-10)23-7-3-1-2-6-18-14(11)21-15/h4-5,8-9H,1-3,6-7,17H2,(H2,18,19,20,21). The van der Waals surface area contributed by atoms with Crippen molar-refractivity contribution in [1.29, 1.82) is 0 Å². The summed E-state index contributed by atoms with van der Waals surface area (Å²) in [7, 11) is -1.60. The highest BCUT2D eigenvalue weighted by molar-refractivity contribution is 9.10. The van der Waals surface area contributed by atoms with Gasteiger partial charge in [0.1, 0.15) is 22.6 Å². The van der Waals surface area contributed by atoms with Gasteiger partial charge in [0.15, 0.2) is 0 Å². The number of ether oxygens (including phenoxy) is 1. The van der Waals surface area contributed by atoms with Crippen molar-refractivity contribution in [1.82, 2.24) is 9.97 Å². The number of nitrogens with one attached hydrogen (secondary N) is 2. The molecular formula is C15H18BrN5O2S. The van der Waals surface area contributed by atoms with E-state index in [1.807, 2.05) is 0 Å². The molecule has 1 aromatic heterocycles. The number of fused-ring (bicyclic) bond motifs is 4. The average molecular weight is 412 g/mol. The number of halogens is 1. The third kappa shape index (κ3) is 4.22. The maximum Gasteiger partial charge on any atom is 0.229 e. The molecular weight excluding hydrogens is 394 g/mol. The van der Waals surface area contributed by atoms with Crippen LogP contribution in [0, 0.1) is 0 Å². The molecule has 0 saturated carbocycles. The number of hydrogen-bond donors (Lipinski definition) is 3. The van der Waals surface area contributed by atoms with Gasteiger partial charge in [0.2, 0.25) is 5.95 Å². The minimum absolute atomic E-state index is 0.463. The maximum atomic E-state index is 11.7. The zero-order valence-corrected chi connectivity index (χ0v) is 15.3. The molecule has 1 aromatic carbocycles. The highest BCUT2D eigenvalue weighted by Gasteiger charge is 2.12. The predicted molar refractivity (Wildman–Crippen MR) is 97.9 cm³/mol. The molecule has 4 bridgehead atoms. The summed E-state index contributed by atoms with van der Waals surface area (Å²) in [6.07, 6.45) is 4.62. The number of hydrogen-bond acceptors (Lipinski definition) is 6. The molecule has 0 saturated heterocycles. The van der Waals surface area contributed by atoms with E-state index in [0.29, 0.717) is 23.2 Å². The van der Waals surface area contributed by atoms with Gasteiger partial charge in [0, 0.05) is 24.5 Å². The fraction of sp³-hybridized carbons (Fsp3) is 0.333. The van der Waals surface area contributed by atoms with Crippen molar-refractivity contribution in [2.24, 2.45) is 5.14 Å². The zero-order chi connectivity index (χ0) is 16.9. The highest BCUT2D eigenvalue weighted by atomic mass is 79.9. The Bertz CT molecular complexity index is 759. The van der Waals surface area contributed by atoms with Gasteiger partial charge in [-0.15, -0.1) is 0 Å². The summed E-state index contributed by atoms with van der Waals surface area (Å²) < 4.78 is 18.3. The summed E-state index contributed by atoms with van der Waals surface area (Å²) in [5.41, 5.74) is 0.740. The number of rotatable bonds is 1. The van der Waals surface area contributed by atoms with E-state index in [0.717, 1.165) is 41.8 Å². The third-order valence-corrected chi connectivity index (χ3v) is 4.88. The number of anilines is 3. The van der Waals surface area contributed by atoms with E-state index < -0.39 is 11.0 Å². The smallest absolute Gasteiger partial charge is 0.229 e. The van der Waals surface area contributed by atoms with E-state index >= 15 is 0 Å². The lowest BCUT2D eigenvalue weighted by molar-refractivity contribution is 0.299. The van der Waals surface area contributed by atoms with Gasteiger partial charge >= 0.3 is 0 Å². The summed E-state index contributed by atoms with van der Waals surface area (Å²) in [6.45, 7) is 1.37. The average Bonchev–Trinajstić information content (AvgIpc) is 2.56. The molecule has 7 nitrogen and oxygen atoms in total. The van der Waals surface area contributed by atoms with Crippen molar-refractivity contribution in [2.45, 2.75) is 24.2 Å². The molecule has 0 radical (unpaired) electrons. The summed E-state index contributed by atoms with van der Waals surface area (Å²) in [5.74, 6) is 1.74. The molecule has 1 aliphatic heterocycles. The monoisotopic (exact) mass is 411 g/mol. The van der Waals surface area contributed by atoms with E-state index in [1.165, 1.54) is 0 Å². The Hall–Kier alpha value is -1.71. The minimum atomic E-state index is -1.60. The molecule has 128 valence electrons. The van der Waals surface area contributed by atoms with Crippen molar-refractivity contribution in [3.8, 4) is 5.75 Å². The molecule has 1 atom stereocenters. The number of aromatic nitrogens is 2. The molecule has 0 fully saturated rings.